The Kier molecular flexibility index (Phi) is 6.17. The van der Waals surface area contributed by atoms with Crippen molar-refractivity contribution in [1.29, 1.82) is 0 Å². The van der Waals surface area contributed by atoms with Gasteiger partial charge in [0.25, 0.3) is 0 Å². The van der Waals surface area contributed by atoms with Gasteiger partial charge in [0.15, 0.2) is 0 Å². The standard InChI is InChI=1S/C15H26N2O2S/c1-6-11(2)13(4)17-20(18,19)15-9-14(10-16-5)8-7-12(15)3/h7-9,11,13,16-17H,6,10H2,1-5H3. The molecule has 20 heavy (non-hydrogen) atoms. The van der Waals surface area contributed by atoms with Crippen LogP contribution in [0.2, 0.25) is 0 Å². The number of hydrogen-bond acceptors (Lipinski definition) is 3. The molecule has 0 aliphatic carbocycles. The predicted molar refractivity (Wildman–Crippen MR) is 83.2 cm³/mol. The molecule has 2 atom stereocenters. The summed E-state index contributed by atoms with van der Waals surface area (Å²) in [6.45, 7) is 8.51. The first-order valence-corrected chi connectivity index (χ1v) is 8.56. The minimum absolute atomic E-state index is 0.0719. The molecular formula is C15H26N2O2S. The maximum atomic E-state index is 12.5. The van der Waals surface area contributed by atoms with E-state index in [4.69, 9.17) is 0 Å². The molecule has 0 spiro atoms. The van der Waals surface area contributed by atoms with E-state index in [1.165, 1.54) is 0 Å². The van der Waals surface area contributed by atoms with E-state index in [1.807, 2.05) is 33.0 Å². The second-order valence-electron chi connectivity index (χ2n) is 5.43. The molecule has 0 amide bonds. The topological polar surface area (TPSA) is 58.2 Å². The molecule has 0 aliphatic heterocycles. The van der Waals surface area contributed by atoms with Gasteiger partial charge in [-0.3, -0.25) is 0 Å². The highest BCUT2D eigenvalue weighted by atomic mass is 32.2. The molecule has 2 N–H and O–H groups in total. The van der Waals surface area contributed by atoms with Crippen molar-refractivity contribution in [2.45, 2.75) is 51.6 Å². The van der Waals surface area contributed by atoms with E-state index in [-0.39, 0.29) is 6.04 Å². The molecule has 4 nitrogen and oxygen atoms in total. The van der Waals surface area contributed by atoms with Crippen molar-refractivity contribution in [3.05, 3.63) is 29.3 Å². The van der Waals surface area contributed by atoms with Crippen molar-refractivity contribution in [3.8, 4) is 0 Å². The number of hydrogen-bond donors (Lipinski definition) is 2. The van der Waals surface area contributed by atoms with Gasteiger partial charge in [-0.05, 0) is 44.0 Å². The summed E-state index contributed by atoms with van der Waals surface area (Å²) in [5.74, 6) is 0.311. The van der Waals surface area contributed by atoms with Crippen molar-refractivity contribution >= 4 is 10.0 Å². The van der Waals surface area contributed by atoms with Gasteiger partial charge in [-0.1, -0.05) is 32.4 Å². The average molecular weight is 298 g/mol. The molecule has 0 aromatic heterocycles. The van der Waals surface area contributed by atoms with Gasteiger partial charge in [-0.15, -0.1) is 0 Å². The summed E-state index contributed by atoms with van der Waals surface area (Å²) in [7, 11) is -1.62. The normalized spacial score (nSPS) is 15.1. The minimum atomic E-state index is -3.46. The van der Waals surface area contributed by atoms with Gasteiger partial charge >= 0.3 is 0 Å². The van der Waals surface area contributed by atoms with Gasteiger partial charge in [-0.25, -0.2) is 13.1 Å². The number of sulfonamides is 1. The summed E-state index contributed by atoms with van der Waals surface area (Å²) in [6, 6.07) is 5.48. The fourth-order valence-electron chi connectivity index (χ4n) is 2.03. The summed E-state index contributed by atoms with van der Waals surface area (Å²) in [6.07, 6.45) is 0.947. The monoisotopic (exact) mass is 298 g/mol. The van der Waals surface area contributed by atoms with E-state index in [1.54, 1.807) is 6.07 Å². The van der Waals surface area contributed by atoms with Gasteiger partial charge in [0.1, 0.15) is 0 Å². The molecule has 0 bridgehead atoms. The molecule has 0 saturated heterocycles. The Labute approximate surface area is 123 Å². The number of benzene rings is 1. The molecule has 0 aliphatic rings. The summed E-state index contributed by atoms with van der Waals surface area (Å²) in [5.41, 5.74) is 1.74. The molecule has 2 unspecified atom stereocenters. The zero-order valence-corrected chi connectivity index (χ0v) is 13.8. The van der Waals surface area contributed by atoms with Gasteiger partial charge in [0.05, 0.1) is 4.90 Å². The molecule has 0 saturated carbocycles. The van der Waals surface area contributed by atoms with Crippen molar-refractivity contribution < 1.29 is 8.42 Å². The third-order valence-electron chi connectivity index (χ3n) is 3.76. The zero-order chi connectivity index (χ0) is 15.3. The highest BCUT2D eigenvalue weighted by Gasteiger charge is 2.22. The number of aryl methyl sites for hydroxylation is 1. The highest BCUT2D eigenvalue weighted by molar-refractivity contribution is 7.89. The van der Waals surface area contributed by atoms with Crippen LogP contribution in [-0.4, -0.2) is 21.5 Å². The Morgan fingerprint density at radius 2 is 1.90 bits per heavy atom. The zero-order valence-electron chi connectivity index (χ0n) is 13.0. The Morgan fingerprint density at radius 1 is 1.25 bits per heavy atom. The van der Waals surface area contributed by atoms with E-state index < -0.39 is 10.0 Å². The molecule has 1 aromatic carbocycles. The van der Waals surface area contributed by atoms with E-state index in [2.05, 4.69) is 23.9 Å². The quantitative estimate of drug-likeness (QED) is 0.813. The van der Waals surface area contributed by atoms with Crippen molar-refractivity contribution in [1.82, 2.24) is 10.0 Å². The van der Waals surface area contributed by atoms with E-state index in [0.717, 1.165) is 17.5 Å². The van der Waals surface area contributed by atoms with Crippen LogP contribution in [0.4, 0.5) is 0 Å². The largest absolute Gasteiger partial charge is 0.316 e. The maximum absolute atomic E-state index is 12.5. The van der Waals surface area contributed by atoms with Crippen molar-refractivity contribution in [2.75, 3.05) is 7.05 Å². The van der Waals surface area contributed by atoms with Crippen LogP contribution in [0.3, 0.4) is 0 Å². The third-order valence-corrected chi connectivity index (χ3v) is 5.46. The second kappa shape index (κ2) is 7.20. The lowest BCUT2D eigenvalue weighted by atomic mass is 10.0. The van der Waals surface area contributed by atoms with E-state index in [9.17, 15) is 8.42 Å². The highest BCUT2D eigenvalue weighted by Crippen LogP contribution is 2.19. The van der Waals surface area contributed by atoms with Crippen LogP contribution in [-0.2, 0) is 16.6 Å². The lowest BCUT2D eigenvalue weighted by molar-refractivity contribution is 0.434. The van der Waals surface area contributed by atoms with E-state index >= 15 is 0 Å². The fraction of sp³-hybridized carbons (Fsp3) is 0.600. The Balaban J connectivity index is 3.05. The summed E-state index contributed by atoms with van der Waals surface area (Å²) < 4.78 is 27.8. The molecule has 1 rings (SSSR count). The van der Waals surface area contributed by atoms with Crippen LogP contribution in [0.1, 0.15) is 38.3 Å². The number of nitrogens with one attached hydrogen (secondary N) is 2. The SMILES string of the molecule is CCC(C)C(C)NS(=O)(=O)c1cc(CNC)ccc1C. The summed E-state index contributed by atoms with van der Waals surface area (Å²) in [5, 5.41) is 3.04. The summed E-state index contributed by atoms with van der Waals surface area (Å²) in [4.78, 5) is 0.375. The maximum Gasteiger partial charge on any atom is 0.241 e. The molecular weight excluding hydrogens is 272 g/mol. The molecule has 0 heterocycles. The van der Waals surface area contributed by atoms with Crippen molar-refractivity contribution in [3.63, 3.8) is 0 Å². The van der Waals surface area contributed by atoms with Crippen LogP contribution < -0.4 is 10.0 Å². The Morgan fingerprint density at radius 3 is 2.45 bits per heavy atom. The van der Waals surface area contributed by atoms with Gasteiger partial charge in [0.2, 0.25) is 10.0 Å². The van der Waals surface area contributed by atoms with E-state index in [0.29, 0.717) is 17.4 Å². The molecule has 1 aromatic rings. The molecule has 114 valence electrons. The Hall–Kier alpha value is -0.910. The van der Waals surface area contributed by atoms with Crippen LogP contribution in [0.25, 0.3) is 0 Å². The van der Waals surface area contributed by atoms with Crippen LogP contribution in [0.15, 0.2) is 23.1 Å². The van der Waals surface area contributed by atoms with Crippen LogP contribution in [0.5, 0.6) is 0 Å². The second-order valence-corrected chi connectivity index (χ2v) is 7.11. The van der Waals surface area contributed by atoms with Gasteiger partial charge < -0.3 is 5.32 Å². The Bertz CT molecular complexity index is 541. The molecule has 0 radical (unpaired) electrons. The third kappa shape index (κ3) is 4.30. The van der Waals surface area contributed by atoms with Crippen molar-refractivity contribution in [2.24, 2.45) is 5.92 Å². The van der Waals surface area contributed by atoms with Gasteiger partial charge in [0, 0.05) is 12.6 Å². The lowest BCUT2D eigenvalue weighted by Crippen LogP contribution is -2.37. The minimum Gasteiger partial charge on any atom is -0.316 e. The first-order chi connectivity index (χ1) is 9.31. The average Bonchev–Trinajstić information content (AvgIpc) is 2.39. The fourth-order valence-corrected chi connectivity index (χ4v) is 3.67. The lowest BCUT2D eigenvalue weighted by Gasteiger charge is -2.20. The molecule has 5 heteroatoms. The summed E-state index contributed by atoms with van der Waals surface area (Å²) >= 11 is 0. The van der Waals surface area contributed by atoms with Crippen LogP contribution in [0, 0.1) is 12.8 Å². The predicted octanol–water partition coefficient (Wildman–Crippen LogP) is 2.43. The van der Waals surface area contributed by atoms with Crippen LogP contribution >= 0.6 is 0 Å². The number of rotatable bonds is 7. The smallest absolute Gasteiger partial charge is 0.241 e. The first-order valence-electron chi connectivity index (χ1n) is 7.08. The molecule has 0 fully saturated rings. The van der Waals surface area contributed by atoms with Gasteiger partial charge in [-0.2, -0.15) is 0 Å². The first kappa shape index (κ1) is 17.1.